The normalized spacial score (nSPS) is 12.3. The molecule has 0 aliphatic rings. The first-order valence-electron chi connectivity index (χ1n) is 7.20. The second kappa shape index (κ2) is 5.53. The van der Waals surface area contributed by atoms with Crippen molar-refractivity contribution in [1.82, 2.24) is 14.3 Å². The van der Waals surface area contributed by atoms with Gasteiger partial charge in [0.1, 0.15) is 5.69 Å². The molecule has 0 radical (unpaired) electrons. The Hall–Kier alpha value is -2.21. The van der Waals surface area contributed by atoms with Crippen molar-refractivity contribution in [3.8, 4) is 0 Å². The summed E-state index contributed by atoms with van der Waals surface area (Å²) in [5.41, 5.74) is 3.67. The zero-order valence-electron chi connectivity index (χ0n) is 13.1. The molecule has 3 rings (SSSR count). The SMILES string of the molecule is CCn1nc(C)cc1C(=O)N=c1sc2cccc(C)c2n1C. The zero-order chi connectivity index (χ0) is 15.9. The minimum Gasteiger partial charge on any atom is -0.319 e. The molecule has 0 saturated carbocycles. The van der Waals surface area contributed by atoms with Crippen LogP contribution in [-0.2, 0) is 13.6 Å². The molecule has 0 saturated heterocycles. The highest BCUT2D eigenvalue weighted by molar-refractivity contribution is 7.16. The van der Waals surface area contributed by atoms with Crippen molar-refractivity contribution in [1.29, 1.82) is 0 Å². The number of para-hydroxylation sites is 1. The van der Waals surface area contributed by atoms with E-state index in [2.05, 4.69) is 29.1 Å². The third-order valence-electron chi connectivity index (χ3n) is 3.64. The van der Waals surface area contributed by atoms with Gasteiger partial charge in [-0.2, -0.15) is 10.1 Å². The van der Waals surface area contributed by atoms with Crippen molar-refractivity contribution in [2.75, 3.05) is 0 Å². The van der Waals surface area contributed by atoms with E-state index < -0.39 is 0 Å². The largest absolute Gasteiger partial charge is 0.319 e. The zero-order valence-corrected chi connectivity index (χ0v) is 13.9. The first kappa shape index (κ1) is 14.7. The number of aryl methyl sites for hydroxylation is 4. The van der Waals surface area contributed by atoms with Crippen LogP contribution in [0.1, 0.15) is 28.7 Å². The molecule has 1 aromatic carbocycles. The Bertz CT molecular complexity index is 929. The summed E-state index contributed by atoms with van der Waals surface area (Å²) in [5, 5.41) is 4.30. The van der Waals surface area contributed by atoms with Gasteiger partial charge in [-0.1, -0.05) is 23.5 Å². The van der Waals surface area contributed by atoms with Gasteiger partial charge in [0, 0.05) is 13.6 Å². The van der Waals surface area contributed by atoms with Crippen molar-refractivity contribution >= 4 is 27.5 Å². The molecule has 0 unspecified atom stereocenters. The van der Waals surface area contributed by atoms with Crippen LogP contribution in [0.2, 0.25) is 0 Å². The van der Waals surface area contributed by atoms with Gasteiger partial charge in [0.2, 0.25) is 0 Å². The van der Waals surface area contributed by atoms with Crippen LogP contribution < -0.4 is 4.80 Å². The summed E-state index contributed by atoms with van der Waals surface area (Å²) in [6, 6.07) is 7.93. The third kappa shape index (κ3) is 2.39. The Balaban J connectivity index is 2.14. The monoisotopic (exact) mass is 314 g/mol. The number of fused-ring (bicyclic) bond motifs is 1. The van der Waals surface area contributed by atoms with E-state index in [9.17, 15) is 4.79 Å². The summed E-state index contributed by atoms with van der Waals surface area (Å²) in [6.07, 6.45) is 0. The van der Waals surface area contributed by atoms with Gasteiger partial charge in [-0.25, -0.2) is 0 Å². The van der Waals surface area contributed by atoms with Crippen LogP contribution in [0.4, 0.5) is 0 Å². The highest BCUT2D eigenvalue weighted by Crippen LogP contribution is 2.19. The molecule has 0 N–H and O–H groups in total. The van der Waals surface area contributed by atoms with Crippen LogP contribution in [0, 0.1) is 13.8 Å². The Labute approximate surface area is 132 Å². The van der Waals surface area contributed by atoms with Gasteiger partial charge in [-0.15, -0.1) is 0 Å². The maximum absolute atomic E-state index is 12.5. The standard InChI is InChI=1S/C16H18N4OS/c1-5-20-12(9-11(3)18-20)15(21)17-16-19(4)14-10(2)7-6-8-13(14)22-16/h6-9H,5H2,1-4H3. The third-order valence-corrected chi connectivity index (χ3v) is 4.74. The summed E-state index contributed by atoms with van der Waals surface area (Å²) in [5.74, 6) is -0.248. The number of carbonyl (C=O) groups is 1. The lowest BCUT2D eigenvalue weighted by Crippen LogP contribution is -2.15. The van der Waals surface area contributed by atoms with Gasteiger partial charge in [0.25, 0.3) is 5.91 Å². The molecule has 22 heavy (non-hydrogen) atoms. The minimum absolute atomic E-state index is 0.248. The van der Waals surface area contributed by atoms with Gasteiger partial charge in [-0.3, -0.25) is 9.48 Å². The van der Waals surface area contributed by atoms with Crippen LogP contribution in [0.5, 0.6) is 0 Å². The molecule has 0 spiro atoms. The number of rotatable bonds is 2. The Kier molecular flexibility index (Phi) is 3.70. The number of hydrogen-bond donors (Lipinski definition) is 0. The molecule has 1 amide bonds. The number of thiazole rings is 1. The van der Waals surface area contributed by atoms with E-state index >= 15 is 0 Å². The molecule has 114 valence electrons. The van der Waals surface area contributed by atoms with Crippen molar-refractivity contribution in [3.63, 3.8) is 0 Å². The molecular formula is C16H18N4OS. The Morgan fingerprint density at radius 3 is 2.82 bits per heavy atom. The van der Waals surface area contributed by atoms with E-state index in [1.54, 1.807) is 10.7 Å². The van der Waals surface area contributed by atoms with Gasteiger partial charge in [0.05, 0.1) is 15.9 Å². The summed E-state index contributed by atoms with van der Waals surface area (Å²) in [7, 11) is 1.94. The van der Waals surface area contributed by atoms with Crippen LogP contribution in [0.15, 0.2) is 29.3 Å². The van der Waals surface area contributed by atoms with Crippen LogP contribution >= 0.6 is 11.3 Å². The second-order valence-corrected chi connectivity index (χ2v) is 6.28. The van der Waals surface area contributed by atoms with Crippen LogP contribution in [0.3, 0.4) is 0 Å². The quantitative estimate of drug-likeness (QED) is 0.730. The first-order chi connectivity index (χ1) is 10.5. The summed E-state index contributed by atoms with van der Waals surface area (Å²) in [6.45, 7) is 6.57. The van der Waals surface area contributed by atoms with E-state index in [0.29, 0.717) is 17.0 Å². The number of benzene rings is 1. The van der Waals surface area contributed by atoms with Gasteiger partial charge < -0.3 is 4.57 Å². The Morgan fingerprint density at radius 1 is 1.36 bits per heavy atom. The van der Waals surface area contributed by atoms with Gasteiger partial charge in [-0.05, 0) is 38.5 Å². The summed E-state index contributed by atoms with van der Waals surface area (Å²) < 4.78 is 4.81. The molecule has 2 aromatic heterocycles. The highest BCUT2D eigenvalue weighted by atomic mass is 32.1. The van der Waals surface area contributed by atoms with Crippen molar-refractivity contribution in [2.24, 2.45) is 12.0 Å². The minimum atomic E-state index is -0.248. The van der Waals surface area contributed by atoms with E-state index in [1.165, 1.54) is 16.9 Å². The molecule has 0 bridgehead atoms. The molecule has 6 heteroatoms. The Morgan fingerprint density at radius 2 is 2.14 bits per heavy atom. The predicted octanol–water partition coefficient (Wildman–Crippen LogP) is 2.81. The smallest absolute Gasteiger partial charge is 0.297 e. The van der Waals surface area contributed by atoms with E-state index in [0.717, 1.165) is 15.9 Å². The number of hydrogen-bond acceptors (Lipinski definition) is 3. The molecule has 0 aliphatic heterocycles. The van der Waals surface area contributed by atoms with Crippen molar-refractivity contribution in [2.45, 2.75) is 27.3 Å². The molecular weight excluding hydrogens is 296 g/mol. The second-order valence-electron chi connectivity index (χ2n) is 5.27. The van der Waals surface area contributed by atoms with Crippen molar-refractivity contribution < 1.29 is 4.79 Å². The summed E-state index contributed by atoms with van der Waals surface area (Å²) >= 11 is 1.53. The molecule has 0 fully saturated rings. The lowest BCUT2D eigenvalue weighted by Gasteiger charge is -2.00. The van der Waals surface area contributed by atoms with Crippen LogP contribution in [-0.4, -0.2) is 20.3 Å². The van der Waals surface area contributed by atoms with Gasteiger partial charge >= 0.3 is 0 Å². The fourth-order valence-electron chi connectivity index (χ4n) is 2.61. The molecule has 2 heterocycles. The molecule has 0 atom stereocenters. The number of aromatic nitrogens is 3. The lowest BCUT2D eigenvalue weighted by atomic mass is 10.2. The van der Waals surface area contributed by atoms with E-state index in [1.807, 2.05) is 31.5 Å². The number of carbonyl (C=O) groups excluding carboxylic acids is 1. The van der Waals surface area contributed by atoms with Crippen molar-refractivity contribution in [3.05, 3.63) is 46.0 Å². The fraction of sp³-hybridized carbons (Fsp3) is 0.312. The fourth-order valence-corrected chi connectivity index (χ4v) is 3.70. The average Bonchev–Trinajstić information content (AvgIpc) is 3.01. The lowest BCUT2D eigenvalue weighted by molar-refractivity contribution is 0.0988. The van der Waals surface area contributed by atoms with Crippen LogP contribution in [0.25, 0.3) is 10.2 Å². The van der Waals surface area contributed by atoms with E-state index in [-0.39, 0.29) is 5.91 Å². The number of nitrogens with zero attached hydrogens (tertiary/aromatic N) is 4. The first-order valence-corrected chi connectivity index (χ1v) is 8.01. The maximum atomic E-state index is 12.5. The number of amides is 1. The average molecular weight is 314 g/mol. The molecule has 5 nitrogen and oxygen atoms in total. The van der Waals surface area contributed by atoms with E-state index in [4.69, 9.17) is 0 Å². The molecule has 3 aromatic rings. The predicted molar refractivity (Wildman–Crippen MR) is 88.1 cm³/mol. The van der Waals surface area contributed by atoms with Gasteiger partial charge in [0.15, 0.2) is 4.80 Å². The molecule has 0 aliphatic carbocycles. The topological polar surface area (TPSA) is 52.2 Å². The maximum Gasteiger partial charge on any atom is 0.297 e. The highest BCUT2D eigenvalue weighted by Gasteiger charge is 2.13. The summed E-state index contributed by atoms with van der Waals surface area (Å²) in [4.78, 5) is 17.5.